The van der Waals surface area contributed by atoms with Crippen LogP contribution in [0.5, 0.6) is 0 Å². The number of ether oxygens (including phenoxy) is 1. The molecule has 2 rings (SSSR count). The lowest BCUT2D eigenvalue weighted by Gasteiger charge is -2.37. The normalized spacial score (nSPS) is 24.5. The van der Waals surface area contributed by atoms with Gasteiger partial charge in [-0.05, 0) is 25.8 Å². The van der Waals surface area contributed by atoms with E-state index >= 15 is 0 Å². The average molecular weight is 291 g/mol. The Hall–Kier alpha value is -2.24. The molecular formula is C15H17NO5. The molecule has 6 nitrogen and oxygen atoms in total. The molecular weight excluding hydrogens is 274 g/mol. The van der Waals surface area contributed by atoms with Gasteiger partial charge in [-0.15, -0.1) is 0 Å². The van der Waals surface area contributed by atoms with Crippen LogP contribution >= 0.6 is 0 Å². The number of non-ortho nitro benzene ring substituents is 1. The van der Waals surface area contributed by atoms with Crippen molar-refractivity contribution in [2.75, 3.05) is 0 Å². The number of rotatable bonds is 3. The Balaban J connectivity index is 2.43. The van der Waals surface area contributed by atoms with Crippen molar-refractivity contribution >= 4 is 17.4 Å². The molecule has 1 saturated heterocycles. The smallest absolute Gasteiger partial charge is 0.319 e. The first-order valence-electron chi connectivity index (χ1n) is 6.78. The zero-order valence-electron chi connectivity index (χ0n) is 12.2. The molecule has 1 aromatic carbocycles. The number of ketones is 1. The maximum absolute atomic E-state index is 12.5. The van der Waals surface area contributed by atoms with E-state index in [4.69, 9.17) is 4.74 Å². The minimum atomic E-state index is -1.17. The Labute approximate surface area is 122 Å². The molecule has 112 valence electrons. The van der Waals surface area contributed by atoms with Crippen molar-refractivity contribution in [2.45, 2.75) is 33.3 Å². The van der Waals surface area contributed by atoms with Crippen LogP contribution in [-0.4, -0.2) is 16.7 Å². The van der Waals surface area contributed by atoms with E-state index < -0.39 is 28.3 Å². The van der Waals surface area contributed by atoms with Gasteiger partial charge in [0.15, 0.2) is 5.78 Å². The van der Waals surface area contributed by atoms with Gasteiger partial charge in [-0.25, -0.2) is 0 Å². The van der Waals surface area contributed by atoms with Gasteiger partial charge in [0, 0.05) is 12.1 Å². The van der Waals surface area contributed by atoms with E-state index in [9.17, 15) is 19.7 Å². The number of hydrogen-bond donors (Lipinski definition) is 0. The molecule has 0 bridgehead atoms. The van der Waals surface area contributed by atoms with Crippen LogP contribution in [0.3, 0.4) is 0 Å². The Kier molecular flexibility index (Phi) is 3.80. The van der Waals surface area contributed by atoms with E-state index in [0.29, 0.717) is 12.0 Å². The van der Waals surface area contributed by atoms with Crippen molar-refractivity contribution in [3.05, 3.63) is 39.9 Å². The maximum atomic E-state index is 12.5. The van der Waals surface area contributed by atoms with Gasteiger partial charge in [0.05, 0.1) is 10.8 Å². The fraction of sp³-hybridized carbons (Fsp3) is 0.467. The molecule has 1 heterocycles. The minimum absolute atomic E-state index is 0.0873. The van der Waals surface area contributed by atoms with E-state index in [1.807, 2.05) is 6.92 Å². The van der Waals surface area contributed by atoms with Crippen LogP contribution in [0.25, 0.3) is 0 Å². The van der Waals surface area contributed by atoms with Crippen molar-refractivity contribution in [3.8, 4) is 0 Å². The van der Waals surface area contributed by atoms with Crippen molar-refractivity contribution in [3.63, 3.8) is 0 Å². The maximum Gasteiger partial charge on any atom is 0.319 e. The number of Topliss-reactive ketones (excluding diaryl/α,β-unsaturated/α-hetero) is 1. The SMILES string of the molecule is CCC1C(=O)C(C)(C)C(=O)OC1c1cccc([N+](=O)[O-])c1. The number of hydrogen-bond acceptors (Lipinski definition) is 5. The number of nitro groups is 1. The number of benzene rings is 1. The standard InChI is InChI=1S/C15H17NO5/c1-4-11-12(21-14(18)15(2,3)13(11)17)9-6-5-7-10(8-9)16(19)20/h5-8,11-12H,4H2,1-3H3. The monoisotopic (exact) mass is 291 g/mol. The van der Waals surface area contributed by atoms with Crippen molar-refractivity contribution in [1.29, 1.82) is 0 Å². The van der Waals surface area contributed by atoms with E-state index in [1.165, 1.54) is 18.2 Å². The molecule has 1 aromatic rings. The Morgan fingerprint density at radius 1 is 1.33 bits per heavy atom. The molecule has 0 N–H and O–H groups in total. The number of nitro benzene ring substituents is 1. The molecule has 21 heavy (non-hydrogen) atoms. The zero-order chi connectivity index (χ0) is 15.8. The summed E-state index contributed by atoms with van der Waals surface area (Å²) in [5, 5.41) is 10.8. The average Bonchev–Trinajstić information content (AvgIpc) is 2.45. The third-order valence-corrected chi connectivity index (χ3v) is 3.91. The molecule has 0 saturated carbocycles. The lowest BCUT2D eigenvalue weighted by atomic mass is 9.74. The minimum Gasteiger partial charge on any atom is -0.456 e. The van der Waals surface area contributed by atoms with Crippen LogP contribution in [0.4, 0.5) is 5.69 Å². The summed E-state index contributed by atoms with van der Waals surface area (Å²) in [7, 11) is 0. The van der Waals surface area contributed by atoms with Gasteiger partial charge in [0.25, 0.3) is 5.69 Å². The summed E-state index contributed by atoms with van der Waals surface area (Å²) in [4.78, 5) is 34.8. The lowest BCUT2D eigenvalue weighted by molar-refractivity contribution is -0.385. The van der Waals surface area contributed by atoms with Gasteiger partial charge in [-0.3, -0.25) is 19.7 Å². The fourth-order valence-electron chi connectivity index (χ4n) is 2.56. The highest BCUT2D eigenvalue weighted by Crippen LogP contribution is 2.41. The first-order valence-corrected chi connectivity index (χ1v) is 6.78. The van der Waals surface area contributed by atoms with Gasteiger partial charge in [0.2, 0.25) is 0 Å². The largest absolute Gasteiger partial charge is 0.456 e. The molecule has 0 spiro atoms. The molecule has 0 aromatic heterocycles. The van der Waals surface area contributed by atoms with E-state index in [-0.39, 0.29) is 11.5 Å². The predicted molar refractivity (Wildman–Crippen MR) is 74.5 cm³/mol. The lowest BCUT2D eigenvalue weighted by Crippen LogP contribution is -2.47. The summed E-state index contributed by atoms with van der Waals surface area (Å²) in [5.41, 5.74) is -0.776. The van der Waals surface area contributed by atoms with Crippen molar-refractivity contribution in [1.82, 2.24) is 0 Å². The zero-order valence-corrected chi connectivity index (χ0v) is 12.2. The molecule has 6 heteroatoms. The summed E-state index contributed by atoms with van der Waals surface area (Å²) >= 11 is 0. The van der Waals surface area contributed by atoms with Gasteiger partial charge in [-0.2, -0.15) is 0 Å². The molecule has 0 radical (unpaired) electrons. The van der Waals surface area contributed by atoms with Gasteiger partial charge >= 0.3 is 5.97 Å². The summed E-state index contributed by atoms with van der Waals surface area (Å²) < 4.78 is 5.41. The van der Waals surface area contributed by atoms with Gasteiger partial charge in [-0.1, -0.05) is 19.1 Å². The molecule has 1 fully saturated rings. The second-order valence-electron chi connectivity index (χ2n) is 5.68. The summed E-state index contributed by atoms with van der Waals surface area (Å²) in [6.07, 6.45) is -0.258. The van der Waals surface area contributed by atoms with E-state index in [2.05, 4.69) is 0 Å². The quantitative estimate of drug-likeness (QED) is 0.370. The molecule has 2 unspecified atom stereocenters. The Bertz CT molecular complexity index is 608. The third-order valence-electron chi connectivity index (χ3n) is 3.91. The Morgan fingerprint density at radius 3 is 2.57 bits per heavy atom. The van der Waals surface area contributed by atoms with E-state index in [1.54, 1.807) is 19.9 Å². The van der Waals surface area contributed by atoms with Crippen LogP contribution in [0, 0.1) is 21.4 Å². The molecule has 0 amide bonds. The van der Waals surface area contributed by atoms with Crippen LogP contribution in [-0.2, 0) is 14.3 Å². The first-order chi connectivity index (χ1) is 9.78. The van der Waals surface area contributed by atoms with Gasteiger partial charge < -0.3 is 4.74 Å². The molecule has 1 aliphatic rings. The molecule has 0 aliphatic carbocycles. The highest BCUT2D eigenvalue weighted by molar-refractivity contribution is 6.06. The van der Waals surface area contributed by atoms with Crippen molar-refractivity contribution < 1.29 is 19.2 Å². The number of esters is 1. The van der Waals surface area contributed by atoms with Crippen molar-refractivity contribution in [2.24, 2.45) is 11.3 Å². The summed E-state index contributed by atoms with van der Waals surface area (Å²) in [6, 6.07) is 5.88. The number of carbonyl (C=O) groups excluding carboxylic acids is 2. The third kappa shape index (κ3) is 2.53. The predicted octanol–water partition coefficient (Wildman–Crippen LogP) is 2.81. The highest BCUT2D eigenvalue weighted by atomic mass is 16.6. The molecule has 1 aliphatic heterocycles. The summed E-state index contributed by atoms with van der Waals surface area (Å²) in [6.45, 7) is 4.93. The second kappa shape index (κ2) is 5.27. The highest BCUT2D eigenvalue weighted by Gasteiger charge is 2.50. The van der Waals surface area contributed by atoms with Crippen LogP contribution in [0.2, 0.25) is 0 Å². The summed E-state index contributed by atoms with van der Waals surface area (Å²) in [5.74, 6) is -1.26. The number of cyclic esters (lactones) is 1. The van der Waals surface area contributed by atoms with Crippen LogP contribution in [0.15, 0.2) is 24.3 Å². The van der Waals surface area contributed by atoms with Gasteiger partial charge in [0.1, 0.15) is 11.5 Å². The first kappa shape index (κ1) is 15.2. The van der Waals surface area contributed by atoms with Crippen LogP contribution in [0.1, 0.15) is 38.9 Å². The second-order valence-corrected chi connectivity index (χ2v) is 5.68. The fourth-order valence-corrected chi connectivity index (χ4v) is 2.56. The Morgan fingerprint density at radius 2 is 2.00 bits per heavy atom. The molecule has 2 atom stereocenters. The van der Waals surface area contributed by atoms with Crippen LogP contribution < -0.4 is 0 Å². The topological polar surface area (TPSA) is 86.5 Å². The number of carbonyl (C=O) groups is 2. The number of nitrogens with zero attached hydrogens (tertiary/aromatic N) is 1. The van der Waals surface area contributed by atoms with E-state index in [0.717, 1.165) is 0 Å².